The third-order valence-corrected chi connectivity index (χ3v) is 2.30. The van der Waals surface area contributed by atoms with E-state index in [-0.39, 0.29) is 0 Å². The van der Waals surface area contributed by atoms with Crippen LogP contribution in [0.15, 0.2) is 12.7 Å². The first-order valence-corrected chi connectivity index (χ1v) is 5.11. The predicted octanol–water partition coefficient (Wildman–Crippen LogP) is 3.83. The van der Waals surface area contributed by atoms with Gasteiger partial charge in [0.2, 0.25) is 0 Å². The number of allylic oxidation sites excluding steroid dienone is 1. The maximum Gasteiger partial charge on any atom is 0.00512 e. The van der Waals surface area contributed by atoms with Crippen LogP contribution in [0.2, 0.25) is 0 Å². The minimum Gasteiger partial charge on any atom is -0.176 e. The molecule has 11 heavy (non-hydrogen) atoms. The zero-order valence-electron chi connectivity index (χ0n) is 7.55. The summed E-state index contributed by atoms with van der Waals surface area (Å²) in [6.45, 7) is 5.93. The highest BCUT2D eigenvalue weighted by Crippen LogP contribution is 2.12. The van der Waals surface area contributed by atoms with Crippen molar-refractivity contribution in [2.45, 2.75) is 50.7 Å². The summed E-state index contributed by atoms with van der Waals surface area (Å²) < 4.78 is 0. The van der Waals surface area contributed by atoms with Crippen molar-refractivity contribution >= 4 is 12.6 Å². The van der Waals surface area contributed by atoms with E-state index in [1.165, 1.54) is 32.1 Å². The largest absolute Gasteiger partial charge is 0.176 e. The summed E-state index contributed by atoms with van der Waals surface area (Å²) in [7, 11) is 0. The first-order chi connectivity index (χ1) is 5.31. The molecular weight excluding hydrogens is 152 g/mol. The average Bonchev–Trinajstić information content (AvgIpc) is 1.99. The van der Waals surface area contributed by atoms with Gasteiger partial charge in [0.25, 0.3) is 0 Å². The first-order valence-electron chi connectivity index (χ1n) is 4.60. The summed E-state index contributed by atoms with van der Waals surface area (Å²) in [4.78, 5) is 0. The van der Waals surface area contributed by atoms with Gasteiger partial charge in [0.05, 0.1) is 0 Å². The summed E-state index contributed by atoms with van der Waals surface area (Å²) in [6.07, 6.45) is 9.63. The van der Waals surface area contributed by atoms with Gasteiger partial charge in [-0.25, -0.2) is 0 Å². The molecule has 0 fully saturated rings. The van der Waals surface area contributed by atoms with Crippen LogP contribution in [-0.4, -0.2) is 5.25 Å². The van der Waals surface area contributed by atoms with Gasteiger partial charge in [-0.05, 0) is 12.8 Å². The summed E-state index contributed by atoms with van der Waals surface area (Å²) >= 11 is 4.44. The molecule has 0 radical (unpaired) electrons. The van der Waals surface area contributed by atoms with Gasteiger partial charge in [-0.1, -0.05) is 38.7 Å². The Morgan fingerprint density at radius 1 is 1.36 bits per heavy atom. The van der Waals surface area contributed by atoms with Gasteiger partial charge in [-0.15, -0.1) is 6.58 Å². The third kappa shape index (κ3) is 7.99. The molecular formula is C10H20S. The Kier molecular flexibility index (Phi) is 8.26. The topological polar surface area (TPSA) is 0 Å². The molecule has 0 aromatic carbocycles. The summed E-state index contributed by atoms with van der Waals surface area (Å²) in [5.41, 5.74) is 0. The molecule has 0 aromatic rings. The van der Waals surface area contributed by atoms with E-state index in [1.807, 2.05) is 6.08 Å². The Hall–Kier alpha value is 0.0900. The predicted molar refractivity (Wildman–Crippen MR) is 56.3 cm³/mol. The monoisotopic (exact) mass is 172 g/mol. The van der Waals surface area contributed by atoms with Gasteiger partial charge in [-0.3, -0.25) is 0 Å². The Balaban J connectivity index is 3.03. The summed E-state index contributed by atoms with van der Waals surface area (Å²) in [6, 6.07) is 0. The quantitative estimate of drug-likeness (QED) is 0.337. The fourth-order valence-electron chi connectivity index (χ4n) is 1.12. The van der Waals surface area contributed by atoms with Crippen LogP contribution in [0.1, 0.15) is 45.4 Å². The molecule has 0 aromatic heterocycles. The van der Waals surface area contributed by atoms with E-state index in [1.54, 1.807) is 0 Å². The highest BCUT2D eigenvalue weighted by atomic mass is 32.1. The van der Waals surface area contributed by atoms with Crippen molar-refractivity contribution in [1.82, 2.24) is 0 Å². The molecule has 0 aliphatic rings. The van der Waals surface area contributed by atoms with Crippen LogP contribution in [0.5, 0.6) is 0 Å². The van der Waals surface area contributed by atoms with Gasteiger partial charge in [0.15, 0.2) is 0 Å². The molecule has 1 atom stereocenters. The second-order valence-corrected chi connectivity index (χ2v) is 3.76. The van der Waals surface area contributed by atoms with Crippen LogP contribution >= 0.6 is 12.6 Å². The second-order valence-electron chi connectivity index (χ2n) is 3.03. The molecule has 0 nitrogen and oxygen atoms in total. The first kappa shape index (κ1) is 11.1. The van der Waals surface area contributed by atoms with Gasteiger partial charge in [0, 0.05) is 5.25 Å². The Morgan fingerprint density at radius 3 is 2.64 bits per heavy atom. The normalized spacial score (nSPS) is 12.9. The molecule has 0 aliphatic heterocycles. The van der Waals surface area contributed by atoms with E-state index >= 15 is 0 Å². The van der Waals surface area contributed by atoms with Crippen molar-refractivity contribution < 1.29 is 0 Å². The van der Waals surface area contributed by atoms with E-state index in [0.717, 1.165) is 6.42 Å². The summed E-state index contributed by atoms with van der Waals surface area (Å²) in [5, 5.41) is 0.546. The Morgan fingerprint density at radius 2 is 2.09 bits per heavy atom. The maximum atomic E-state index is 4.44. The number of hydrogen-bond acceptors (Lipinski definition) is 1. The molecule has 0 bridgehead atoms. The van der Waals surface area contributed by atoms with Gasteiger partial charge in [-0.2, -0.15) is 12.6 Å². The fraction of sp³-hybridized carbons (Fsp3) is 0.800. The summed E-state index contributed by atoms with van der Waals surface area (Å²) in [5.74, 6) is 0. The lowest BCUT2D eigenvalue weighted by Gasteiger charge is -2.06. The molecule has 0 N–H and O–H groups in total. The molecule has 0 spiro atoms. The standard InChI is InChI=1S/C10H20S/c1-3-5-6-7-9-10(11)8-4-2/h4,10-11H,2-3,5-9H2,1H3. The molecule has 0 saturated heterocycles. The number of unbranched alkanes of at least 4 members (excludes halogenated alkanes) is 3. The van der Waals surface area contributed by atoms with E-state index in [4.69, 9.17) is 0 Å². The van der Waals surface area contributed by atoms with Crippen LogP contribution in [0, 0.1) is 0 Å². The molecule has 0 heterocycles. The minimum atomic E-state index is 0.546. The van der Waals surface area contributed by atoms with E-state index in [2.05, 4.69) is 26.1 Å². The molecule has 0 amide bonds. The molecule has 1 unspecified atom stereocenters. The molecule has 1 heteroatoms. The van der Waals surface area contributed by atoms with E-state index < -0.39 is 0 Å². The molecule has 0 rings (SSSR count). The highest BCUT2D eigenvalue weighted by Gasteiger charge is 1.98. The van der Waals surface area contributed by atoms with Crippen molar-refractivity contribution in [1.29, 1.82) is 0 Å². The van der Waals surface area contributed by atoms with Crippen molar-refractivity contribution in [3.05, 3.63) is 12.7 Å². The highest BCUT2D eigenvalue weighted by molar-refractivity contribution is 7.80. The Labute approximate surface area is 76.5 Å². The van der Waals surface area contributed by atoms with Gasteiger partial charge >= 0.3 is 0 Å². The zero-order valence-corrected chi connectivity index (χ0v) is 8.45. The van der Waals surface area contributed by atoms with Gasteiger partial charge < -0.3 is 0 Å². The lowest BCUT2D eigenvalue weighted by atomic mass is 10.1. The van der Waals surface area contributed by atoms with E-state index in [0.29, 0.717) is 5.25 Å². The number of thiol groups is 1. The molecule has 0 saturated carbocycles. The SMILES string of the molecule is C=CCC(S)CCCCCC. The lowest BCUT2D eigenvalue weighted by Crippen LogP contribution is -1.95. The number of hydrogen-bond donors (Lipinski definition) is 1. The Bertz CT molecular complexity index is 88.9. The zero-order chi connectivity index (χ0) is 8.53. The van der Waals surface area contributed by atoms with Gasteiger partial charge in [0.1, 0.15) is 0 Å². The third-order valence-electron chi connectivity index (χ3n) is 1.83. The number of rotatable bonds is 7. The van der Waals surface area contributed by atoms with Crippen LogP contribution in [-0.2, 0) is 0 Å². The van der Waals surface area contributed by atoms with Crippen molar-refractivity contribution in [2.75, 3.05) is 0 Å². The van der Waals surface area contributed by atoms with Crippen LogP contribution in [0.4, 0.5) is 0 Å². The molecule has 0 aliphatic carbocycles. The lowest BCUT2D eigenvalue weighted by molar-refractivity contribution is 0.620. The second kappa shape index (κ2) is 8.19. The smallest absolute Gasteiger partial charge is 0.00512 e. The van der Waals surface area contributed by atoms with Crippen LogP contribution in [0.25, 0.3) is 0 Å². The van der Waals surface area contributed by atoms with E-state index in [9.17, 15) is 0 Å². The maximum absolute atomic E-state index is 4.44. The van der Waals surface area contributed by atoms with Crippen LogP contribution < -0.4 is 0 Å². The molecule has 66 valence electrons. The van der Waals surface area contributed by atoms with Crippen molar-refractivity contribution in [2.24, 2.45) is 0 Å². The van der Waals surface area contributed by atoms with Crippen molar-refractivity contribution in [3.63, 3.8) is 0 Å². The minimum absolute atomic E-state index is 0.546. The average molecular weight is 172 g/mol. The van der Waals surface area contributed by atoms with Crippen LogP contribution in [0.3, 0.4) is 0 Å². The fourth-order valence-corrected chi connectivity index (χ4v) is 1.45. The van der Waals surface area contributed by atoms with Crippen molar-refractivity contribution in [3.8, 4) is 0 Å².